The molecular formula is C29H22ClNO8. The van der Waals surface area contributed by atoms with Gasteiger partial charge < -0.3 is 24.1 Å². The van der Waals surface area contributed by atoms with Gasteiger partial charge in [0.05, 0.1) is 32.3 Å². The summed E-state index contributed by atoms with van der Waals surface area (Å²) in [5, 5.41) is 21.7. The van der Waals surface area contributed by atoms with Crippen molar-refractivity contribution in [1.29, 1.82) is 0 Å². The van der Waals surface area contributed by atoms with Crippen LogP contribution in [-0.2, 0) is 20.7 Å². The number of fused-ring (bicyclic) bond motifs is 1. The van der Waals surface area contributed by atoms with Gasteiger partial charge in [-0.15, -0.1) is 0 Å². The summed E-state index contributed by atoms with van der Waals surface area (Å²) in [7, 11) is 2.73. The lowest BCUT2D eigenvalue weighted by Crippen LogP contribution is -2.31. The predicted octanol–water partition coefficient (Wildman–Crippen LogP) is 5.30. The van der Waals surface area contributed by atoms with E-state index in [1.54, 1.807) is 48.5 Å². The lowest BCUT2D eigenvalue weighted by Gasteiger charge is -2.27. The highest BCUT2D eigenvalue weighted by Crippen LogP contribution is 2.43. The number of methoxy groups -OCH3 is 2. The highest BCUT2D eigenvalue weighted by Gasteiger charge is 2.45. The Labute approximate surface area is 227 Å². The minimum absolute atomic E-state index is 0.0101. The van der Waals surface area contributed by atoms with Gasteiger partial charge in [-0.25, -0.2) is 0 Å². The summed E-state index contributed by atoms with van der Waals surface area (Å²) >= 11 is 6.16. The van der Waals surface area contributed by atoms with Crippen LogP contribution in [0.15, 0.2) is 82.5 Å². The number of halogens is 1. The third kappa shape index (κ3) is 4.68. The lowest BCUT2D eigenvalue weighted by atomic mass is 9.94. The van der Waals surface area contributed by atoms with E-state index in [1.807, 2.05) is 0 Å². The third-order valence-electron chi connectivity index (χ3n) is 6.44. The van der Waals surface area contributed by atoms with Gasteiger partial charge in [0, 0.05) is 22.2 Å². The molecule has 2 N–H and O–H groups in total. The van der Waals surface area contributed by atoms with Crippen molar-refractivity contribution in [2.45, 2.75) is 12.5 Å². The van der Waals surface area contributed by atoms with Crippen LogP contribution >= 0.6 is 11.6 Å². The number of hydrogen-bond donors (Lipinski definition) is 2. The van der Waals surface area contributed by atoms with Gasteiger partial charge in [0.2, 0.25) is 5.78 Å². The van der Waals surface area contributed by atoms with E-state index in [9.17, 15) is 24.6 Å². The van der Waals surface area contributed by atoms with Crippen molar-refractivity contribution >= 4 is 45.9 Å². The number of hydrogen-bond acceptors (Lipinski definition) is 8. The largest absolute Gasteiger partial charge is 0.508 e. The van der Waals surface area contributed by atoms with Crippen LogP contribution in [0.1, 0.15) is 27.7 Å². The van der Waals surface area contributed by atoms with Crippen LogP contribution in [0.5, 0.6) is 11.5 Å². The molecule has 5 rings (SSSR count). The minimum Gasteiger partial charge on any atom is -0.508 e. The van der Waals surface area contributed by atoms with Crippen molar-refractivity contribution in [3.63, 3.8) is 0 Å². The van der Waals surface area contributed by atoms with Crippen LogP contribution in [0.4, 0.5) is 5.69 Å². The van der Waals surface area contributed by atoms with Crippen LogP contribution in [-0.4, -0.2) is 42.1 Å². The number of rotatable bonds is 7. The Balaban J connectivity index is 1.60. The number of ketones is 1. The normalized spacial score (nSPS) is 15.2. The fraction of sp³-hybridized carbons (Fsp3) is 0.138. The van der Waals surface area contributed by atoms with Crippen LogP contribution in [0.25, 0.3) is 11.0 Å². The SMILES string of the molecule is COC(=O)Cc1ccc(N2C(=O)C(O)=C(C(=O)c3cc4cc(Cl)cc(OC)c4o3)C2c2ccc(O)cc2)cc1. The maximum atomic E-state index is 13.8. The molecule has 0 radical (unpaired) electrons. The molecule has 1 aliphatic rings. The van der Waals surface area contributed by atoms with E-state index in [4.69, 9.17) is 25.5 Å². The molecule has 0 spiro atoms. The first kappa shape index (κ1) is 25.9. The smallest absolute Gasteiger partial charge is 0.309 e. The van der Waals surface area contributed by atoms with Gasteiger partial charge in [0.15, 0.2) is 22.9 Å². The summed E-state index contributed by atoms with van der Waals surface area (Å²) in [5.74, 6) is -2.48. The highest BCUT2D eigenvalue weighted by atomic mass is 35.5. The molecule has 4 aromatic rings. The fourth-order valence-corrected chi connectivity index (χ4v) is 4.79. The maximum absolute atomic E-state index is 13.8. The quantitative estimate of drug-likeness (QED) is 0.236. The first-order valence-electron chi connectivity index (χ1n) is 11.7. The van der Waals surface area contributed by atoms with Crippen molar-refractivity contribution in [3.05, 3.63) is 100.0 Å². The Hall–Kier alpha value is -4.76. The first-order valence-corrected chi connectivity index (χ1v) is 12.1. The number of nitrogens with zero attached hydrogens (tertiary/aromatic N) is 1. The number of aliphatic hydroxyl groups is 1. The van der Waals surface area contributed by atoms with E-state index in [2.05, 4.69) is 0 Å². The second kappa shape index (κ2) is 10.2. The van der Waals surface area contributed by atoms with E-state index in [1.165, 1.54) is 37.3 Å². The number of benzene rings is 3. The summed E-state index contributed by atoms with van der Waals surface area (Å²) in [6.07, 6.45) is 0.0406. The predicted molar refractivity (Wildman–Crippen MR) is 142 cm³/mol. The Morgan fingerprint density at radius 1 is 1.00 bits per heavy atom. The van der Waals surface area contributed by atoms with Crippen molar-refractivity contribution in [1.82, 2.24) is 0 Å². The van der Waals surface area contributed by atoms with Crippen LogP contribution < -0.4 is 9.64 Å². The van der Waals surface area contributed by atoms with Crippen molar-refractivity contribution < 1.29 is 38.5 Å². The molecule has 0 fully saturated rings. The number of amides is 1. The molecule has 1 aliphatic heterocycles. The van der Waals surface area contributed by atoms with E-state index >= 15 is 0 Å². The average Bonchev–Trinajstić information content (AvgIpc) is 3.47. The number of phenols is 1. The molecule has 39 heavy (non-hydrogen) atoms. The molecule has 9 nitrogen and oxygen atoms in total. The summed E-state index contributed by atoms with van der Waals surface area (Å²) in [5.41, 5.74) is 1.58. The van der Waals surface area contributed by atoms with E-state index in [0.29, 0.717) is 33.0 Å². The molecule has 0 bridgehead atoms. The molecule has 10 heteroatoms. The third-order valence-corrected chi connectivity index (χ3v) is 6.66. The summed E-state index contributed by atoms with van der Waals surface area (Å²) in [6.45, 7) is 0. The molecule has 3 aromatic carbocycles. The number of carbonyl (C=O) groups excluding carboxylic acids is 3. The molecule has 0 saturated carbocycles. The molecule has 1 unspecified atom stereocenters. The van der Waals surface area contributed by atoms with Gasteiger partial charge in [-0.2, -0.15) is 0 Å². The van der Waals surface area contributed by atoms with Gasteiger partial charge in [-0.3, -0.25) is 19.3 Å². The number of esters is 1. The van der Waals surface area contributed by atoms with Crippen molar-refractivity contribution in [2.75, 3.05) is 19.1 Å². The second-order valence-corrected chi connectivity index (χ2v) is 9.25. The highest BCUT2D eigenvalue weighted by molar-refractivity contribution is 6.31. The van der Waals surface area contributed by atoms with Crippen molar-refractivity contribution in [2.24, 2.45) is 0 Å². The number of carbonyl (C=O) groups is 3. The monoisotopic (exact) mass is 547 g/mol. The number of Topliss-reactive ketones (excluding diaryl/α,β-unsaturated/α-hetero) is 1. The Morgan fingerprint density at radius 2 is 1.69 bits per heavy atom. The molecule has 0 aliphatic carbocycles. The molecule has 2 heterocycles. The maximum Gasteiger partial charge on any atom is 0.309 e. The number of aliphatic hydroxyl groups excluding tert-OH is 1. The zero-order valence-electron chi connectivity index (χ0n) is 20.8. The molecular weight excluding hydrogens is 526 g/mol. The fourth-order valence-electron chi connectivity index (χ4n) is 4.57. The number of ether oxygens (including phenoxy) is 2. The van der Waals surface area contributed by atoms with Gasteiger partial charge in [-0.1, -0.05) is 35.9 Å². The molecule has 1 amide bonds. The zero-order valence-corrected chi connectivity index (χ0v) is 21.6. The standard InChI is InChI=1S/C29H22ClNO8/c1-37-22-14-18(30)12-17-13-21(39-28(17)22)26(34)24-25(16-5-9-20(32)10-6-16)31(29(36)27(24)35)19-7-3-15(4-8-19)11-23(33)38-2/h3-10,12-14,25,32,35H,11H2,1-2H3. The van der Waals surface area contributed by atoms with Gasteiger partial charge in [0.25, 0.3) is 5.91 Å². The minimum atomic E-state index is -1.05. The first-order chi connectivity index (χ1) is 18.7. The van der Waals surface area contributed by atoms with Crippen LogP contribution in [0, 0.1) is 0 Å². The van der Waals surface area contributed by atoms with Crippen LogP contribution in [0.3, 0.4) is 0 Å². The van der Waals surface area contributed by atoms with Crippen molar-refractivity contribution in [3.8, 4) is 11.5 Å². The second-order valence-electron chi connectivity index (χ2n) is 8.82. The lowest BCUT2D eigenvalue weighted by molar-refractivity contribution is -0.139. The number of furan rings is 1. The topological polar surface area (TPSA) is 127 Å². The number of phenolic OH excluding ortho intramolecular Hbond substituents is 1. The molecule has 0 saturated heterocycles. The number of aromatic hydroxyl groups is 1. The van der Waals surface area contributed by atoms with Gasteiger partial charge in [0.1, 0.15) is 5.75 Å². The molecule has 198 valence electrons. The van der Waals surface area contributed by atoms with E-state index in [0.717, 1.165) is 0 Å². The van der Waals surface area contributed by atoms with Gasteiger partial charge in [-0.05, 0) is 47.5 Å². The Morgan fingerprint density at radius 3 is 2.33 bits per heavy atom. The van der Waals surface area contributed by atoms with E-state index in [-0.39, 0.29) is 29.1 Å². The van der Waals surface area contributed by atoms with E-state index < -0.39 is 29.5 Å². The average molecular weight is 548 g/mol. The zero-order chi connectivity index (χ0) is 27.8. The Kier molecular flexibility index (Phi) is 6.76. The van der Waals surface area contributed by atoms with Crippen LogP contribution in [0.2, 0.25) is 5.02 Å². The van der Waals surface area contributed by atoms with Gasteiger partial charge >= 0.3 is 5.97 Å². The Bertz CT molecular complexity index is 1640. The number of anilines is 1. The summed E-state index contributed by atoms with van der Waals surface area (Å²) in [4.78, 5) is 40.2. The molecule has 1 aromatic heterocycles. The summed E-state index contributed by atoms with van der Waals surface area (Å²) in [6, 6.07) is 16.0. The summed E-state index contributed by atoms with van der Waals surface area (Å²) < 4.78 is 15.8. The molecule has 1 atom stereocenters.